The molecule has 1 atom stereocenters. The highest BCUT2D eigenvalue weighted by Crippen LogP contribution is 2.28. The van der Waals surface area contributed by atoms with Crippen molar-refractivity contribution in [1.82, 2.24) is 15.1 Å². The van der Waals surface area contributed by atoms with Crippen LogP contribution in [0, 0.1) is 6.92 Å². The van der Waals surface area contributed by atoms with Gasteiger partial charge in [0.25, 0.3) is 5.91 Å². The van der Waals surface area contributed by atoms with Crippen LogP contribution < -0.4 is 10.1 Å². The van der Waals surface area contributed by atoms with E-state index >= 15 is 0 Å². The van der Waals surface area contributed by atoms with Crippen LogP contribution in [0.25, 0.3) is 0 Å². The zero-order valence-corrected chi connectivity index (χ0v) is 12.5. The van der Waals surface area contributed by atoms with Crippen LogP contribution in [0.1, 0.15) is 34.7 Å². The Morgan fingerprint density at radius 2 is 2.14 bits per heavy atom. The molecule has 0 radical (unpaired) electrons. The van der Waals surface area contributed by atoms with Crippen molar-refractivity contribution in [3.8, 4) is 11.5 Å². The number of aromatic hydroxyl groups is 1. The number of hydrogen-bond acceptors (Lipinski definition) is 4. The average Bonchev–Trinajstić information content (AvgIpc) is 2.78. The van der Waals surface area contributed by atoms with Gasteiger partial charge in [-0.05, 0) is 38.1 Å². The molecule has 2 N–H and O–H groups in total. The first-order valence-corrected chi connectivity index (χ1v) is 6.60. The van der Waals surface area contributed by atoms with Gasteiger partial charge >= 0.3 is 0 Å². The number of benzene rings is 1. The van der Waals surface area contributed by atoms with E-state index in [-0.39, 0.29) is 17.7 Å². The molecule has 0 aliphatic rings. The molecular formula is C15H19N3O3. The summed E-state index contributed by atoms with van der Waals surface area (Å²) in [7, 11) is 3.27. The van der Waals surface area contributed by atoms with Crippen molar-refractivity contribution in [2.45, 2.75) is 19.9 Å². The molecule has 2 rings (SSSR count). The summed E-state index contributed by atoms with van der Waals surface area (Å²) < 4.78 is 6.66. The molecule has 0 spiro atoms. The molecule has 0 saturated heterocycles. The Morgan fingerprint density at radius 3 is 2.71 bits per heavy atom. The van der Waals surface area contributed by atoms with Crippen molar-refractivity contribution in [3.63, 3.8) is 0 Å². The summed E-state index contributed by atoms with van der Waals surface area (Å²) in [6.07, 6.45) is 0. The predicted molar refractivity (Wildman–Crippen MR) is 78.5 cm³/mol. The van der Waals surface area contributed by atoms with Crippen LogP contribution in [0.5, 0.6) is 11.5 Å². The van der Waals surface area contributed by atoms with Gasteiger partial charge in [0.05, 0.1) is 18.8 Å². The number of phenolic OH excluding ortho intramolecular Hbond substituents is 1. The van der Waals surface area contributed by atoms with E-state index in [9.17, 15) is 9.90 Å². The van der Waals surface area contributed by atoms with Gasteiger partial charge in [-0.2, -0.15) is 5.10 Å². The topological polar surface area (TPSA) is 76.4 Å². The van der Waals surface area contributed by atoms with E-state index in [1.54, 1.807) is 45.3 Å². The third-order valence-corrected chi connectivity index (χ3v) is 3.28. The lowest BCUT2D eigenvalue weighted by Crippen LogP contribution is -2.28. The Kier molecular flexibility index (Phi) is 4.16. The summed E-state index contributed by atoms with van der Waals surface area (Å²) >= 11 is 0. The Bertz CT molecular complexity index is 664. The first-order chi connectivity index (χ1) is 9.92. The van der Waals surface area contributed by atoms with Gasteiger partial charge in [-0.25, -0.2) is 0 Å². The zero-order valence-electron chi connectivity index (χ0n) is 12.5. The maximum absolute atomic E-state index is 12.2. The molecule has 0 unspecified atom stereocenters. The van der Waals surface area contributed by atoms with Gasteiger partial charge in [-0.1, -0.05) is 0 Å². The molecule has 112 valence electrons. The second kappa shape index (κ2) is 5.87. The Hall–Kier alpha value is -2.50. The normalized spacial score (nSPS) is 12.0. The van der Waals surface area contributed by atoms with E-state index in [1.807, 2.05) is 6.92 Å². The molecule has 0 fully saturated rings. The molecule has 1 aromatic heterocycles. The van der Waals surface area contributed by atoms with E-state index in [4.69, 9.17) is 4.74 Å². The number of carbonyl (C=O) groups excluding carboxylic acids is 1. The van der Waals surface area contributed by atoms with Crippen molar-refractivity contribution < 1.29 is 14.6 Å². The summed E-state index contributed by atoms with van der Waals surface area (Å²) in [6.45, 7) is 3.63. The van der Waals surface area contributed by atoms with E-state index < -0.39 is 0 Å². The van der Waals surface area contributed by atoms with E-state index in [0.717, 1.165) is 5.69 Å². The maximum atomic E-state index is 12.2. The first kappa shape index (κ1) is 14.9. The van der Waals surface area contributed by atoms with Crippen molar-refractivity contribution in [1.29, 1.82) is 0 Å². The SMILES string of the molecule is COc1ccc(O)c([C@H](C)NC(=O)c2cc(C)nn2C)c1. The van der Waals surface area contributed by atoms with Crippen LogP contribution in [0.2, 0.25) is 0 Å². The van der Waals surface area contributed by atoms with Crippen molar-refractivity contribution in [3.05, 3.63) is 41.2 Å². The van der Waals surface area contributed by atoms with Crippen LogP contribution in [0.3, 0.4) is 0 Å². The lowest BCUT2D eigenvalue weighted by molar-refractivity contribution is 0.0930. The lowest BCUT2D eigenvalue weighted by atomic mass is 10.1. The fourth-order valence-corrected chi connectivity index (χ4v) is 2.18. The summed E-state index contributed by atoms with van der Waals surface area (Å²) in [5.41, 5.74) is 1.85. The fourth-order valence-electron chi connectivity index (χ4n) is 2.18. The highest BCUT2D eigenvalue weighted by molar-refractivity contribution is 5.93. The molecule has 21 heavy (non-hydrogen) atoms. The Balaban J connectivity index is 2.19. The molecule has 6 heteroatoms. The number of ether oxygens (including phenoxy) is 1. The van der Waals surface area contributed by atoms with Gasteiger partial charge in [0.15, 0.2) is 0 Å². The number of nitrogens with zero attached hydrogens (tertiary/aromatic N) is 2. The molecule has 2 aromatic rings. The largest absolute Gasteiger partial charge is 0.508 e. The minimum Gasteiger partial charge on any atom is -0.508 e. The lowest BCUT2D eigenvalue weighted by Gasteiger charge is -2.16. The molecule has 1 aromatic carbocycles. The molecular weight excluding hydrogens is 270 g/mol. The number of carbonyl (C=O) groups is 1. The highest BCUT2D eigenvalue weighted by Gasteiger charge is 2.17. The number of methoxy groups -OCH3 is 1. The summed E-state index contributed by atoms with van der Waals surface area (Å²) in [5, 5.41) is 16.9. The zero-order chi connectivity index (χ0) is 15.6. The Morgan fingerprint density at radius 1 is 1.43 bits per heavy atom. The molecule has 1 amide bonds. The maximum Gasteiger partial charge on any atom is 0.270 e. The number of nitrogens with one attached hydrogen (secondary N) is 1. The van der Waals surface area contributed by atoms with Crippen LogP contribution in [0.4, 0.5) is 0 Å². The van der Waals surface area contributed by atoms with Crippen molar-refractivity contribution in [2.75, 3.05) is 7.11 Å². The number of aromatic nitrogens is 2. The molecule has 0 saturated carbocycles. The molecule has 0 aliphatic carbocycles. The average molecular weight is 289 g/mol. The van der Waals surface area contributed by atoms with Crippen molar-refractivity contribution in [2.24, 2.45) is 7.05 Å². The van der Waals surface area contributed by atoms with E-state index in [1.165, 1.54) is 4.68 Å². The van der Waals surface area contributed by atoms with Gasteiger partial charge in [-0.3, -0.25) is 9.48 Å². The van der Waals surface area contributed by atoms with Gasteiger partial charge in [0.2, 0.25) is 0 Å². The van der Waals surface area contributed by atoms with Gasteiger partial charge < -0.3 is 15.2 Å². The number of phenols is 1. The standard InChI is InChI=1S/C15H19N3O3/c1-9-7-13(18(3)17-9)15(20)16-10(2)12-8-11(21-4)5-6-14(12)19/h5-8,10,19H,1-4H3,(H,16,20)/t10-/m0/s1. The fraction of sp³-hybridized carbons (Fsp3) is 0.333. The monoisotopic (exact) mass is 289 g/mol. The van der Waals surface area contributed by atoms with Gasteiger partial charge in [0, 0.05) is 12.6 Å². The third-order valence-electron chi connectivity index (χ3n) is 3.28. The number of hydrogen-bond donors (Lipinski definition) is 2. The minimum absolute atomic E-state index is 0.116. The third kappa shape index (κ3) is 3.16. The minimum atomic E-state index is -0.359. The number of amides is 1. The number of aryl methyl sites for hydroxylation is 2. The quantitative estimate of drug-likeness (QED) is 0.901. The molecule has 0 bridgehead atoms. The molecule has 1 heterocycles. The first-order valence-electron chi connectivity index (χ1n) is 6.60. The van der Waals surface area contributed by atoms with Gasteiger partial charge in [0.1, 0.15) is 17.2 Å². The predicted octanol–water partition coefficient (Wildman–Crippen LogP) is 1.93. The highest BCUT2D eigenvalue weighted by atomic mass is 16.5. The second-order valence-electron chi connectivity index (χ2n) is 4.91. The summed E-state index contributed by atoms with van der Waals surface area (Å²) in [6, 6.07) is 6.27. The summed E-state index contributed by atoms with van der Waals surface area (Å²) in [4.78, 5) is 12.2. The van der Waals surface area contributed by atoms with E-state index in [2.05, 4.69) is 10.4 Å². The van der Waals surface area contributed by atoms with Crippen LogP contribution in [-0.4, -0.2) is 27.9 Å². The Labute approximate surface area is 123 Å². The van der Waals surface area contributed by atoms with Crippen LogP contribution >= 0.6 is 0 Å². The van der Waals surface area contributed by atoms with Crippen LogP contribution in [0.15, 0.2) is 24.3 Å². The smallest absolute Gasteiger partial charge is 0.270 e. The molecule has 0 aliphatic heterocycles. The summed E-state index contributed by atoms with van der Waals surface area (Å²) in [5.74, 6) is 0.498. The van der Waals surface area contributed by atoms with Gasteiger partial charge in [-0.15, -0.1) is 0 Å². The van der Waals surface area contributed by atoms with Crippen molar-refractivity contribution >= 4 is 5.91 Å². The van der Waals surface area contributed by atoms with Crippen LogP contribution in [-0.2, 0) is 7.05 Å². The second-order valence-corrected chi connectivity index (χ2v) is 4.91. The number of rotatable bonds is 4. The van der Waals surface area contributed by atoms with E-state index in [0.29, 0.717) is 17.0 Å². The molecule has 6 nitrogen and oxygen atoms in total.